The second-order valence-electron chi connectivity index (χ2n) is 5.00. The summed E-state index contributed by atoms with van der Waals surface area (Å²) in [4.78, 5) is 23.2. The van der Waals surface area contributed by atoms with E-state index in [9.17, 15) is 9.59 Å². The van der Waals surface area contributed by atoms with Crippen LogP contribution in [0.1, 0.15) is 35.3 Å². The Hall–Kier alpha value is -2.42. The van der Waals surface area contributed by atoms with Gasteiger partial charge in [0.2, 0.25) is 0 Å². The van der Waals surface area contributed by atoms with Crippen LogP contribution in [0.25, 0.3) is 0 Å². The highest BCUT2D eigenvalue weighted by Gasteiger charge is 2.15. The van der Waals surface area contributed by atoms with E-state index >= 15 is 0 Å². The van der Waals surface area contributed by atoms with E-state index in [4.69, 9.17) is 4.74 Å². The Morgan fingerprint density at radius 1 is 0.952 bits per heavy atom. The summed E-state index contributed by atoms with van der Waals surface area (Å²) in [5.41, 5.74) is 2.26. The van der Waals surface area contributed by atoms with Crippen molar-refractivity contribution in [1.29, 1.82) is 0 Å². The standard InChI is InChI=1S/C18H18O3/c1-13(19)11-16-9-6-10-17(18(16)14(2)20)21-12-15-7-4-3-5-8-15/h3-10H,11-12H2,1-2H3/i2+1. The van der Waals surface area contributed by atoms with Crippen molar-refractivity contribution in [2.75, 3.05) is 0 Å². The number of carbonyl (C=O) groups excluding carboxylic acids is 2. The largest absolute Gasteiger partial charge is 0.488 e. The number of Topliss-reactive ketones (excluding diaryl/α,β-unsaturated/α-hetero) is 2. The highest BCUT2D eigenvalue weighted by Crippen LogP contribution is 2.24. The summed E-state index contributed by atoms with van der Waals surface area (Å²) in [5.74, 6) is 0.470. The second-order valence-corrected chi connectivity index (χ2v) is 5.00. The summed E-state index contributed by atoms with van der Waals surface area (Å²) < 4.78 is 5.77. The molecule has 0 atom stereocenters. The van der Waals surface area contributed by atoms with Crippen molar-refractivity contribution in [2.24, 2.45) is 0 Å². The van der Waals surface area contributed by atoms with Crippen LogP contribution in [0.2, 0.25) is 0 Å². The lowest BCUT2D eigenvalue weighted by molar-refractivity contribution is -0.116. The SMILES string of the molecule is CC(=O)Cc1cccc(OCc2ccccc2)c1C([13CH3])=O. The van der Waals surface area contributed by atoms with E-state index in [1.54, 1.807) is 12.1 Å². The third kappa shape index (κ3) is 4.02. The molecule has 2 rings (SSSR count). The van der Waals surface area contributed by atoms with Gasteiger partial charge in [0.25, 0.3) is 0 Å². The van der Waals surface area contributed by atoms with Crippen molar-refractivity contribution in [3.63, 3.8) is 0 Å². The van der Waals surface area contributed by atoms with Crippen molar-refractivity contribution >= 4 is 11.6 Å². The molecule has 0 N–H and O–H groups in total. The average molecular weight is 283 g/mol. The van der Waals surface area contributed by atoms with Gasteiger partial charge >= 0.3 is 0 Å². The minimum Gasteiger partial charge on any atom is -0.488 e. The second kappa shape index (κ2) is 6.84. The van der Waals surface area contributed by atoms with Gasteiger partial charge in [-0.25, -0.2) is 0 Å². The van der Waals surface area contributed by atoms with Gasteiger partial charge in [0, 0.05) is 6.42 Å². The van der Waals surface area contributed by atoms with Gasteiger partial charge in [-0.15, -0.1) is 0 Å². The molecule has 108 valence electrons. The molecule has 0 radical (unpaired) electrons. The van der Waals surface area contributed by atoms with Crippen LogP contribution >= 0.6 is 0 Å². The molecule has 0 aliphatic rings. The van der Waals surface area contributed by atoms with Crippen LogP contribution in [0.5, 0.6) is 5.75 Å². The molecule has 21 heavy (non-hydrogen) atoms. The lowest BCUT2D eigenvalue weighted by Crippen LogP contribution is -2.08. The number of carbonyl (C=O) groups is 2. The zero-order valence-electron chi connectivity index (χ0n) is 12.3. The Kier molecular flexibility index (Phi) is 4.88. The predicted octanol–water partition coefficient (Wildman–Crippen LogP) is 3.60. The van der Waals surface area contributed by atoms with E-state index in [0.717, 1.165) is 11.1 Å². The molecule has 0 aliphatic heterocycles. The summed E-state index contributed by atoms with van der Waals surface area (Å²) in [6, 6.07) is 15.1. The fourth-order valence-corrected chi connectivity index (χ4v) is 2.25. The van der Waals surface area contributed by atoms with Gasteiger partial charge in [0.05, 0.1) is 5.56 Å². The molecule has 0 saturated heterocycles. The van der Waals surface area contributed by atoms with Crippen molar-refractivity contribution in [2.45, 2.75) is 26.9 Å². The fraction of sp³-hybridized carbons (Fsp3) is 0.222. The number of ether oxygens (including phenoxy) is 1. The average Bonchev–Trinajstić information content (AvgIpc) is 2.45. The molecule has 0 aromatic heterocycles. The zero-order valence-corrected chi connectivity index (χ0v) is 12.3. The highest BCUT2D eigenvalue weighted by atomic mass is 16.5. The van der Waals surface area contributed by atoms with Gasteiger partial charge in [-0.05, 0) is 31.0 Å². The minimum absolute atomic E-state index is 0.0257. The van der Waals surface area contributed by atoms with Crippen molar-refractivity contribution in [3.8, 4) is 5.75 Å². The third-order valence-corrected chi connectivity index (χ3v) is 3.14. The molecule has 0 saturated carbocycles. The molecule has 0 fully saturated rings. The number of hydrogen-bond donors (Lipinski definition) is 0. The molecule has 3 nitrogen and oxygen atoms in total. The number of hydrogen-bond acceptors (Lipinski definition) is 3. The summed E-state index contributed by atoms with van der Waals surface area (Å²) in [5, 5.41) is 0. The molecule has 0 bridgehead atoms. The first-order valence-electron chi connectivity index (χ1n) is 6.87. The van der Waals surface area contributed by atoms with Crippen molar-refractivity contribution in [1.82, 2.24) is 0 Å². The van der Waals surface area contributed by atoms with Gasteiger partial charge < -0.3 is 4.74 Å². The predicted molar refractivity (Wildman–Crippen MR) is 81.6 cm³/mol. The van der Waals surface area contributed by atoms with Crippen LogP contribution in [0.15, 0.2) is 48.5 Å². The summed E-state index contributed by atoms with van der Waals surface area (Å²) in [7, 11) is 0. The molecule has 2 aromatic carbocycles. The Labute approximate surface area is 124 Å². The Morgan fingerprint density at radius 2 is 1.67 bits per heavy atom. The summed E-state index contributed by atoms with van der Waals surface area (Å²) in [6.07, 6.45) is 0.247. The first-order chi connectivity index (χ1) is 10.1. The van der Waals surface area contributed by atoms with Gasteiger partial charge in [-0.3, -0.25) is 9.59 Å². The molecular weight excluding hydrogens is 265 g/mol. The number of benzene rings is 2. The monoisotopic (exact) mass is 283 g/mol. The fourth-order valence-electron chi connectivity index (χ4n) is 2.25. The van der Waals surface area contributed by atoms with Crippen LogP contribution in [-0.4, -0.2) is 11.6 Å². The number of rotatable bonds is 6. The Balaban J connectivity index is 2.26. The van der Waals surface area contributed by atoms with E-state index in [0.29, 0.717) is 17.9 Å². The van der Waals surface area contributed by atoms with Crippen molar-refractivity contribution < 1.29 is 14.3 Å². The third-order valence-electron chi connectivity index (χ3n) is 3.14. The molecule has 3 heteroatoms. The van der Waals surface area contributed by atoms with E-state index in [2.05, 4.69) is 0 Å². The first-order valence-corrected chi connectivity index (χ1v) is 6.87. The minimum atomic E-state index is -0.0880. The molecular formula is C18H18O3. The maximum absolute atomic E-state index is 11.9. The molecule has 0 spiro atoms. The quantitative estimate of drug-likeness (QED) is 0.601. The molecule has 0 amide bonds. The lowest BCUT2D eigenvalue weighted by atomic mass is 10.0. The summed E-state index contributed by atoms with van der Waals surface area (Å²) >= 11 is 0. The van der Waals surface area contributed by atoms with Crippen molar-refractivity contribution in [3.05, 3.63) is 65.2 Å². The highest BCUT2D eigenvalue weighted by molar-refractivity contribution is 5.99. The zero-order chi connectivity index (χ0) is 15.2. The van der Waals surface area contributed by atoms with Gasteiger partial charge in [0.1, 0.15) is 18.1 Å². The van der Waals surface area contributed by atoms with E-state index in [1.807, 2.05) is 36.4 Å². The normalized spacial score (nSPS) is 10.2. The molecule has 2 aromatic rings. The van der Waals surface area contributed by atoms with E-state index in [1.165, 1.54) is 13.8 Å². The molecule has 0 heterocycles. The summed E-state index contributed by atoms with van der Waals surface area (Å²) in [6.45, 7) is 3.40. The molecule has 0 aliphatic carbocycles. The molecule has 0 unspecified atom stereocenters. The topological polar surface area (TPSA) is 43.4 Å². The van der Waals surface area contributed by atoms with Crippen LogP contribution < -0.4 is 4.74 Å². The first kappa shape index (κ1) is 15.0. The maximum atomic E-state index is 11.9. The van der Waals surface area contributed by atoms with Gasteiger partial charge in [-0.1, -0.05) is 42.5 Å². The lowest BCUT2D eigenvalue weighted by Gasteiger charge is -2.13. The Bertz CT molecular complexity index is 645. The maximum Gasteiger partial charge on any atom is 0.163 e. The van der Waals surface area contributed by atoms with E-state index < -0.39 is 0 Å². The van der Waals surface area contributed by atoms with Gasteiger partial charge in [-0.2, -0.15) is 0 Å². The van der Waals surface area contributed by atoms with E-state index in [-0.39, 0.29) is 18.0 Å². The van der Waals surface area contributed by atoms with Crippen LogP contribution in [0.4, 0.5) is 0 Å². The Morgan fingerprint density at radius 3 is 2.29 bits per heavy atom. The smallest absolute Gasteiger partial charge is 0.163 e. The van der Waals surface area contributed by atoms with Crippen LogP contribution in [0, 0.1) is 0 Å². The van der Waals surface area contributed by atoms with Gasteiger partial charge in [0.15, 0.2) is 5.78 Å². The van der Waals surface area contributed by atoms with Crippen LogP contribution in [0.3, 0.4) is 0 Å². The number of ketones is 2. The van der Waals surface area contributed by atoms with Crippen LogP contribution in [-0.2, 0) is 17.8 Å².